The van der Waals surface area contributed by atoms with Gasteiger partial charge in [-0.15, -0.1) is 11.8 Å². The number of hydrogen-bond donors (Lipinski definition) is 0. The van der Waals surface area contributed by atoms with Crippen LogP contribution >= 0.6 is 31.7 Å². The van der Waals surface area contributed by atoms with Crippen LogP contribution in [0.2, 0.25) is 5.02 Å². The van der Waals surface area contributed by atoms with Gasteiger partial charge in [-0.2, -0.15) is 0 Å². The maximum atomic E-state index is 6.00. The fourth-order valence-corrected chi connectivity index (χ4v) is 3.86. The van der Waals surface area contributed by atoms with Crippen molar-refractivity contribution < 1.29 is 9.05 Å². The number of halogens is 1. The van der Waals surface area contributed by atoms with Crippen molar-refractivity contribution in [2.75, 3.05) is 18.7 Å². The zero-order valence-electron chi connectivity index (χ0n) is 9.35. The van der Waals surface area contributed by atoms with Gasteiger partial charge in [0.25, 0.3) is 0 Å². The fourth-order valence-electron chi connectivity index (χ4n) is 1.00. The topological polar surface area (TPSA) is 31.4 Å². The lowest BCUT2D eigenvalue weighted by molar-refractivity contribution is 0.273. The smallest absolute Gasteiger partial charge is 0.181 e. The molecule has 1 aromatic heterocycles. The molecule has 0 bridgehead atoms. The minimum Gasteiger partial charge on any atom is -0.334 e. The summed E-state index contributed by atoms with van der Waals surface area (Å²) < 4.78 is 11.0. The van der Waals surface area contributed by atoms with Crippen molar-refractivity contribution in [3.63, 3.8) is 0 Å². The third-order valence-corrected chi connectivity index (χ3v) is 5.14. The summed E-state index contributed by atoms with van der Waals surface area (Å²) in [6.07, 6.45) is 3.38. The first-order chi connectivity index (χ1) is 7.77. The highest BCUT2D eigenvalue weighted by Gasteiger charge is 2.10. The van der Waals surface area contributed by atoms with Gasteiger partial charge in [-0.05, 0) is 19.9 Å². The van der Waals surface area contributed by atoms with Crippen molar-refractivity contribution in [3.05, 3.63) is 23.5 Å². The third-order valence-electron chi connectivity index (χ3n) is 1.61. The first-order valence-corrected chi connectivity index (χ1v) is 7.76. The van der Waals surface area contributed by atoms with Crippen molar-refractivity contribution >= 4 is 31.7 Å². The second kappa shape index (κ2) is 8.26. The number of aromatic nitrogens is 1. The Kier molecular flexibility index (Phi) is 7.33. The van der Waals surface area contributed by atoms with E-state index in [2.05, 4.69) is 4.98 Å². The highest BCUT2D eigenvalue weighted by Crippen LogP contribution is 2.44. The summed E-state index contributed by atoms with van der Waals surface area (Å²) in [7, 11) is -0.813. The van der Waals surface area contributed by atoms with Crippen LogP contribution in [0.1, 0.15) is 13.8 Å². The van der Waals surface area contributed by atoms with Crippen LogP contribution < -0.4 is 0 Å². The molecule has 1 heterocycles. The van der Waals surface area contributed by atoms with Gasteiger partial charge in [-0.25, -0.2) is 0 Å². The Bertz CT molecular complexity index is 311. The lowest BCUT2D eigenvalue weighted by Crippen LogP contribution is -1.92. The minimum absolute atomic E-state index is 0.676. The van der Waals surface area contributed by atoms with E-state index in [1.165, 1.54) is 0 Å². The van der Waals surface area contributed by atoms with Gasteiger partial charge in [0.05, 0.1) is 23.7 Å². The molecule has 1 rings (SSSR count). The highest BCUT2D eigenvalue weighted by atomic mass is 35.5. The Balaban J connectivity index is 2.45. The van der Waals surface area contributed by atoms with Gasteiger partial charge in [0.2, 0.25) is 0 Å². The molecule has 0 saturated heterocycles. The molecule has 0 spiro atoms. The van der Waals surface area contributed by atoms with Gasteiger partial charge in [0.15, 0.2) is 8.38 Å². The van der Waals surface area contributed by atoms with Gasteiger partial charge in [0.1, 0.15) is 0 Å². The summed E-state index contributed by atoms with van der Waals surface area (Å²) in [5, 5.41) is 0.676. The Morgan fingerprint density at radius 1 is 1.38 bits per heavy atom. The molecule has 0 aromatic carbocycles. The summed E-state index contributed by atoms with van der Waals surface area (Å²) in [4.78, 5) is 4.96. The van der Waals surface area contributed by atoms with E-state index < -0.39 is 8.38 Å². The number of rotatable bonds is 7. The van der Waals surface area contributed by atoms with E-state index in [9.17, 15) is 0 Å². The molecule has 0 aliphatic heterocycles. The van der Waals surface area contributed by atoms with Crippen LogP contribution in [0, 0.1) is 0 Å². The number of hydrogen-bond acceptors (Lipinski definition) is 4. The molecule has 6 heteroatoms. The fraction of sp³-hybridized carbons (Fsp3) is 0.500. The molecule has 3 nitrogen and oxygen atoms in total. The standard InChI is InChI=1S/C10H15ClNO2PS/c1-3-13-15(14-4-2)8-16-10-5-6-12-7-9(10)11/h5-7H,3-4,8H2,1-2H3. The van der Waals surface area contributed by atoms with Crippen LogP contribution in [0.4, 0.5) is 0 Å². The lowest BCUT2D eigenvalue weighted by atomic mass is 10.5. The third kappa shape index (κ3) is 4.98. The van der Waals surface area contributed by atoms with Crippen molar-refractivity contribution in [3.8, 4) is 0 Å². The zero-order valence-corrected chi connectivity index (χ0v) is 11.8. The summed E-state index contributed by atoms with van der Waals surface area (Å²) >= 11 is 7.65. The molecule has 0 unspecified atom stereocenters. The second-order valence-electron chi connectivity index (χ2n) is 2.75. The van der Waals surface area contributed by atoms with Crippen LogP contribution in [0.3, 0.4) is 0 Å². The van der Waals surface area contributed by atoms with Crippen molar-refractivity contribution in [1.82, 2.24) is 4.98 Å². The van der Waals surface area contributed by atoms with Gasteiger partial charge >= 0.3 is 0 Å². The minimum atomic E-state index is -0.813. The maximum absolute atomic E-state index is 6.00. The summed E-state index contributed by atoms with van der Waals surface area (Å²) in [5.74, 6) is 0. The van der Waals surface area contributed by atoms with E-state index >= 15 is 0 Å². The lowest BCUT2D eigenvalue weighted by Gasteiger charge is -2.15. The van der Waals surface area contributed by atoms with Crippen LogP contribution in [0.15, 0.2) is 23.4 Å². The number of thioether (sulfide) groups is 1. The van der Waals surface area contributed by atoms with Crippen molar-refractivity contribution in [2.45, 2.75) is 18.7 Å². The van der Waals surface area contributed by atoms with Gasteiger partial charge in [-0.1, -0.05) is 11.6 Å². The Morgan fingerprint density at radius 3 is 2.62 bits per heavy atom. The van der Waals surface area contributed by atoms with E-state index in [0.717, 1.165) is 10.4 Å². The SMILES string of the molecule is CCOP(CSc1ccncc1Cl)OCC. The van der Waals surface area contributed by atoms with E-state index in [0.29, 0.717) is 18.2 Å². The molecule has 16 heavy (non-hydrogen) atoms. The van der Waals surface area contributed by atoms with Crippen LogP contribution in [-0.2, 0) is 9.05 Å². The molecule has 0 fully saturated rings. The molecule has 0 atom stereocenters. The molecule has 1 aromatic rings. The molecular weight excluding hydrogens is 265 g/mol. The normalized spacial score (nSPS) is 11.0. The van der Waals surface area contributed by atoms with E-state index in [4.69, 9.17) is 20.6 Å². The molecule has 0 N–H and O–H groups in total. The average Bonchev–Trinajstić information content (AvgIpc) is 2.28. The van der Waals surface area contributed by atoms with E-state index in [1.807, 2.05) is 19.9 Å². The van der Waals surface area contributed by atoms with E-state index in [-0.39, 0.29) is 0 Å². The van der Waals surface area contributed by atoms with Gasteiger partial charge in [-0.3, -0.25) is 4.98 Å². The van der Waals surface area contributed by atoms with E-state index in [1.54, 1.807) is 24.2 Å². The Labute approximate surface area is 107 Å². The quantitative estimate of drug-likeness (QED) is 0.554. The second-order valence-corrected chi connectivity index (χ2v) is 6.10. The molecule has 0 radical (unpaired) electrons. The first kappa shape index (κ1) is 14.2. The summed E-state index contributed by atoms with van der Waals surface area (Å²) in [5.41, 5.74) is 0.792. The first-order valence-electron chi connectivity index (χ1n) is 5.03. The van der Waals surface area contributed by atoms with Gasteiger partial charge in [0, 0.05) is 17.3 Å². The van der Waals surface area contributed by atoms with Crippen LogP contribution in [-0.4, -0.2) is 23.7 Å². The molecule has 0 saturated carbocycles. The Hall–Kier alpha value is 0.140. The van der Waals surface area contributed by atoms with Crippen LogP contribution in [0.5, 0.6) is 0 Å². The largest absolute Gasteiger partial charge is 0.334 e. The zero-order chi connectivity index (χ0) is 11.8. The molecule has 0 aliphatic carbocycles. The summed E-state index contributed by atoms with van der Waals surface area (Å²) in [6.45, 7) is 5.30. The number of pyridine rings is 1. The van der Waals surface area contributed by atoms with Crippen molar-refractivity contribution in [1.29, 1.82) is 0 Å². The summed E-state index contributed by atoms with van der Waals surface area (Å²) in [6, 6.07) is 1.90. The average molecular weight is 280 g/mol. The molecule has 90 valence electrons. The predicted molar refractivity (Wildman–Crippen MR) is 70.1 cm³/mol. The Morgan fingerprint density at radius 2 is 2.06 bits per heavy atom. The predicted octanol–water partition coefficient (Wildman–Crippen LogP) is 4.17. The van der Waals surface area contributed by atoms with Gasteiger partial charge < -0.3 is 9.05 Å². The van der Waals surface area contributed by atoms with Crippen molar-refractivity contribution in [2.24, 2.45) is 0 Å². The molecular formula is C10H15ClNO2PS. The number of nitrogens with zero attached hydrogens (tertiary/aromatic N) is 1. The monoisotopic (exact) mass is 279 g/mol. The molecule has 0 amide bonds. The van der Waals surface area contributed by atoms with Crippen LogP contribution in [0.25, 0.3) is 0 Å². The highest BCUT2D eigenvalue weighted by molar-refractivity contribution is 8.04. The maximum Gasteiger partial charge on any atom is 0.181 e. The molecule has 0 aliphatic rings.